The number of nitrogens with one attached hydrogen (secondary N) is 1. The van der Waals surface area contributed by atoms with Crippen LogP contribution < -0.4 is 5.32 Å². The second-order valence-corrected chi connectivity index (χ2v) is 13.1. The van der Waals surface area contributed by atoms with E-state index in [1.54, 1.807) is 13.0 Å². The van der Waals surface area contributed by atoms with E-state index in [-0.39, 0.29) is 30.3 Å². The van der Waals surface area contributed by atoms with E-state index in [0.29, 0.717) is 32.8 Å². The van der Waals surface area contributed by atoms with Gasteiger partial charge in [-0.2, -0.15) is 5.26 Å². The molecule has 1 atom stereocenters. The smallest absolute Gasteiger partial charge is 0.341 e. The molecule has 2 aromatic heterocycles. The highest BCUT2D eigenvalue weighted by molar-refractivity contribution is 7.99. The van der Waals surface area contributed by atoms with Crippen molar-refractivity contribution < 1.29 is 14.3 Å². The summed E-state index contributed by atoms with van der Waals surface area (Å²) in [5.41, 5.74) is 5.15. The number of hydrogen-bond acceptors (Lipinski definition) is 7. The van der Waals surface area contributed by atoms with Crippen LogP contribution >= 0.6 is 23.1 Å². The van der Waals surface area contributed by atoms with Gasteiger partial charge in [0.05, 0.1) is 23.4 Å². The van der Waals surface area contributed by atoms with Crippen LogP contribution in [-0.2, 0) is 22.4 Å². The van der Waals surface area contributed by atoms with Gasteiger partial charge in [-0.25, -0.2) is 9.78 Å². The summed E-state index contributed by atoms with van der Waals surface area (Å²) in [7, 11) is 0. The maximum absolute atomic E-state index is 13.0. The molecule has 204 valence electrons. The molecule has 0 saturated heterocycles. The monoisotopic (exact) mass is 561 g/mol. The van der Waals surface area contributed by atoms with E-state index in [4.69, 9.17) is 9.72 Å². The van der Waals surface area contributed by atoms with Crippen LogP contribution in [0.5, 0.6) is 0 Å². The molecule has 39 heavy (non-hydrogen) atoms. The molecule has 0 bridgehead atoms. The third-order valence-electron chi connectivity index (χ3n) is 7.12. The number of thiophene rings is 1. The Bertz CT molecular complexity index is 1400. The summed E-state index contributed by atoms with van der Waals surface area (Å²) in [5.74, 6) is 0.435. The standard InChI is InChI=1S/C31H35N3O3S2/c1-6-37-30(36)27-23-13-12-22(31(3,4)5)17-25(23)39-29(27)34-26(35)15-16-38-28-21(18-32)11-14-24(33-28)20-9-7-19(2)8-10-20/h7-11,14,22H,6,12-13,15-17H2,1-5H3,(H,34,35). The zero-order chi connectivity index (χ0) is 28.2. The van der Waals surface area contributed by atoms with Crippen molar-refractivity contribution in [2.24, 2.45) is 11.3 Å². The lowest BCUT2D eigenvalue weighted by atomic mass is 9.72. The van der Waals surface area contributed by atoms with Gasteiger partial charge in [0.2, 0.25) is 5.91 Å². The molecule has 0 saturated carbocycles. The number of carbonyl (C=O) groups excluding carboxylic acids is 2. The number of pyridine rings is 1. The van der Waals surface area contributed by atoms with Crippen LogP contribution in [0.2, 0.25) is 0 Å². The Balaban J connectivity index is 1.46. The minimum absolute atomic E-state index is 0.174. The van der Waals surface area contributed by atoms with Crippen molar-refractivity contribution in [3.8, 4) is 17.3 Å². The van der Waals surface area contributed by atoms with E-state index >= 15 is 0 Å². The van der Waals surface area contributed by atoms with Gasteiger partial charge in [0, 0.05) is 22.6 Å². The predicted molar refractivity (Wildman–Crippen MR) is 158 cm³/mol. The van der Waals surface area contributed by atoms with Gasteiger partial charge in [-0.3, -0.25) is 4.79 Å². The molecule has 1 aliphatic rings. The minimum Gasteiger partial charge on any atom is -0.462 e. The summed E-state index contributed by atoms with van der Waals surface area (Å²) in [6.45, 7) is 10.9. The lowest BCUT2D eigenvalue weighted by Gasteiger charge is -2.33. The van der Waals surface area contributed by atoms with Crippen molar-refractivity contribution in [3.63, 3.8) is 0 Å². The number of rotatable bonds is 8. The second kappa shape index (κ2) is 12.4. The molecule has 0 radical (unpaired) electrons. The molecule has 2 heterocycles. The van der Waals surface area contributed by atoms with Crippen LogP contribution in [0.15, 0.2) is 41.4 Å². The molecule has 1 unspecified atom stereocenters. The van der Waals surface area contributed by atoms with Crippen LogP contribution in [0.25, 0.3) is 11.3 Å². The Labute approximate surface area is 239 Å². The first-order valence-corrected chi connectivity index (χ1v) is 15.1. The Morgan fingerprint density at radius 1 is 1.21 bits per heavy atom. The van der Waals surface area contributed by atoms with Crippen LogP contribution in [0, 0.1) is 29.6 Å². The highest BCUT2D eigenvalue weighted by Crippen LogP contribution is 2.44. The summed E-state index contributed by atoms with van der Waals surface area (Å²) in [4.78, 5) is 31.8. The quantitative estimate of drug-likeness (QED) is 0.227. The van der Waals surface area contributed by atoms with E-state index in [2.05, 4.69) is 32.2 Å². The molecular weight excluding hydrogens is 526 g/mol. The number of aromatic nitrogens is 1. The number of amides is 1. The Kier molecular flexibility index (Phi) is 9.14. The summed E-state index contributed by atoms with van der Waals surface area (Å²) in [6.07, 6.45) is 2.95. The second-order valence-electron chi connectivity index (χ2n) is 10.9. The first-order valence-electron chi connectivity index (χ1n) is 13.3. The third kappa shape index (κ3) is 6.90. The van der Waals surface area contributed by atoms with Crippen LogP contribution in [0.4, 0.5) is 5.00 Å². The highest BCUT2D eigenvalue weighted by atomic mass is 32.2. The van der Waals surface area contributed by atoms with Crippen molar-refractivity contribution in [2.75, 3.05) is 17.7 Å². The molecule has 0 aliphatic heterocycles. The SMILES string of the molecule is CCOC(=O)c1c(NC(=O)CCSc2nc(-c3ccc(C)cc3)ccc2C#N)sc2c1CCC(C(C)(C)C)C2. The number of aryl methyl sites for hydroxylation is 1. The number of carbonyl (C=O) groups is 2. The average Bonchev–Trinajstić information content (AvgIpc) is 3.25. The van der Waals surface area contributed by atoms with E-state index in [9.17, 15) is 14.9 Å². The maximum Gasteiger partial charge on any atom is 0.341 e. The minimum atomic E-state index is -0.371. The van der Waals surface area contributed by atoms with E-state index in [1.807, 2.05) is 37.3 Å². The molecule has 1 amide bonds. The summed E-state index contributed by atoms with van der Waals surface area (Å²) in [5, 5.41) is 13.8. The fourth-order valence-electron chi connectivity index (χ4n) is 4.78. The molecular formula is C31H35N3O3S2. The largest absolute Gasteiger partial charge is 0.462 e. The summed E-state index contributed by atoms with van der Waals surface area (Å²) in [6, 6.07) is 13.9. The number of hydrogen-bond donors (Lipinski definition) is 1. The predicted octanol–water partition coefficient (Wildman–Crippen LogP) is 7.44. The first-order chi connectivity index (χ1) is 18.6. The highest BCUT2D eigenvalue weighted by Gasteiger charge is 2.34. The Morgan fingerprint density at radius 3 is 2.62 bits per heavy atom. The molecule has 1 aliphatic carbocycles. The van der Waals surface area contributed by atoms with E-state index in [0.717, 1.165) is 36.1 Å². The number of thioether (sulfide) groups is 1. The zero-order valence-electron chi connectivity index (χ0n) is 23.2. The van der Waals surface area contributed by atoms with Crippen molar-refractivity contribution >= 4 is 40.0 Å². The molecule has 0 spiro atoms. The molecule has 0 fully saturated rings. The normalized spacial score (nSPS) is 14.8. The van der Waals surface area contributed by atoms with Gasteiger partial charge < -0.3 is 10.1 Å². The topological polar surface area (TPSA) is 92.1 Å². The van der Waals surface area contributed by atoms with Gasteiger partial charge in [0.25, 0.3) is 0 Å². The molecule has 1 N–H and O–H groups in total. The Morgan fingerprint density at radius 2 is 1.95 bits per heavy atom. The number of nitrogens with zero attached hydrogens (tertiary/aromatic N) is 2. The van der Waals surface area contributed by atoms with Gasteiger partial charge in [0.15, 0.2) is 0 Å². The van der Waals surface area contributed by atoms with Gasteiger partial charge in [-0.15, -0.1) is 23.1 Å². The van der Waals surface area contributed by atoms with Crippen molar-refractivity contribution in [1.29, 1.82) is 5.26 Å². The molecule has 6 nitrogen and oxygen atoms in total. The molecule has 4 rings (SSSR count). The van der Waals surface area contributed by atoms with Crippen LogP contribution in [0.1, 0.15) is 72.5 Å². The van der Waals surface area contributed by atoms with Crippen LogP contribution in [0.3, 0.4) is 0 Å². The fraction of sp³-hybridized carbons (Fsp3) is 0.419. The number of ether oxygens (including phenoxy) is 1. The van der Waals surface area contributed by atoms with Gasteiger partial charge >= 0.3 is 5.97 Å². The number of fused-ring (bicyclic) bond motifs is 1. The first kappa shape index (κ1) is 28.8. The maximum atomic E-state index is 13.0. The number of esters is 1. The molecule has 8 heteroatoms. The van der Waals surface area contributed by atoms with Crippen molar-refractivity contribution in [3.05, 3.63) is 63.5 Å². The number of benzene rings is 1. The van der Waals surface area contributed by atoms with Gasteiger partial charge in [-0.1, -0.05) is 50.6 Å². The average molecular weight is 562 g/mol. The van der Waals surface area contributed by atoms with Gasteiger partial charge in [-0.05, 0) is 62.1 Å². The Hall–Kier alpha value is -3.15. The van der Waals surface area contributed by atoms with E-state index in [1.165, 1.54) is 33.5 Å². The summed E-state index contributed by atoms with van der Waals surface area (Å²) >= 11 is 2.89. The lowest BCUT2D eigenvalue weighted by Crippen LogP contribution is -2.26. The van der Waals surface area contributed by atoms with Crippen molar-refractivity contribution in [1.82, 2.24) is 4.98 Å². The van der Waals surface area contributed by atoms with E-state index < -0.39 is 0 Å². The molecule has 1 aromatic carbocycles. The fourth-order valence-corrected chi connectivity index (χ4v) is 7.03. The number of nitriles is 1. The molecule has 3 aromatic rings. The summed E-state index contributed by atoms with van der Waals surface area (Å²) < 4.78 is 5.36. The van der Waals surface area contributed by atoms with Crippen LogP contribution in [-0.4, -0.2) is 29.2 Å². The van der Waals surface area contributed by atoms with Gasteiger partial charge in [0.1, 0.15) is 16.1 Å². The van der Waals surface area contributed by atoms with Crippen molar-refractivity contribution in [2.45, 2.75) is 65.3 Å². The third-order valence-corrected chi connectivity index (χ3v) is 9.28. The lowest BCUT2D eigenvalue weighted by molar-refractivity contribution is -0.115. The number of anilines is 1. The zero-order valence-corrected chi connectivity index (χ0v) is 24.9.